The molecule has 2 unspecified atom stereocenters. The van der Waals surface area contributed by atoms with Crippen molar-refractivity contribution in [2.24, 2.45) is 5.92 Å². The summed E-state index contributed by atoms with van der Waals surface area (Å²) in [5.74, 6) is -1.64. The summed E-state index contributed by atoms with van der Waals surface area (Å²) in [7, 11) is 0. The second-order valence-corrected chi connectivity index (χ2v) is 10.00. The first-order valence-corrected chi connectivity index (χ1v) is 10.7. The van der Waals surface area contributed by atoms with Gasteiger partial charge in [-0.15, -0.1) is 23.2 Å². The summed E-state index contributed by atoms with van der Waals surface area (Å²) in [4.78, 5) is 24.4. The molecule has 27 heavy (non-hydrogen) atoms. The molecule has 3 nitrogen and oxygen atoms in total. The number of amides is 1. The number of hydrogen-bond donors (Lipinski definition) is 1. The Kier molecular flexibility index (Phi) is 6.49. The molecular formula is C17H8Cl6INO2. The molecule has 2 atom stereocenters. The zero-order valence-corrected chi connectivity index (χ0v) is 19.7. The van der Waals surface area contributed by atoms with Crippen LogP contribution in [0, 0.1) is 5.92 Å². The van der Waals surface area contributed by atoms with E-state index in [1.807, 2.05) is 0 Å². The number of rotatable bonds is 4. The summed E-state index contributed by atoms with van der Waals surface area (Å²) >= 11 is 38.3. The zero-order chi connectivity index (χ0) is 20.1. The highest BCUT2D eigenvalue weighted by Crippen LogP contribution is 2.65. The van der Waals surface area contributed by atoms with E-state index in [1.54, 1.807) is 40.8 Å². The van der Waals surface area contributed by atoms with Crippen LogP contribution in [-0.4, -0.2) is 14.0 Å². The van der Waals surface area contributed by atoms with Crippen molar-refractivity contribution in [3.8, 4) is 0 Å². The molecular weight excluding hydrogens is 590 g/mol. The van der Waals surface area contributed by atoms with Crippen molar-refractivity contribution < 1.29 is 9.59 Å². The molecule has 142 valence electrons. The van der Waals surface area contributed by atoms with E-state index < -0.39 is 22.1 Å². The molecule has 1 aliphatic carbocycles. The second-order valence-electron chi connectivity index (χ2n) is 5.92. The van der Waals surface area contributed by atoms with E-state index in [1.165, 1.54) is 12.1 Å². The molecule has 0 spiro atoms. The van der Waals surface area contributed by atoms with Crippen LogP contribution < -0.4 is 5.32 Å². The number of benzene rings is 2. The Morgan fingerprint density at radius 2 is 1.56 bits per heavy atom. The number of hydrogen-bond acceptors (Lipinski definition) is 2. The van der Waals surface area contributed by atoms with Crippen LogP contribution in [0.25, 0.3) is 0 Å². The van der Waals surface area contributed by atoms with Crippen molar-refractivity contribution in [2.45, 2.75) is 10.3 Å². The minimum atomic E-state index is -1.31. The Balaban J connectivity index is 1.86. The van der Waals surface area contributed by atoms with Gasteiger partial charge in [-0.1, -0.05) is 46.4 Å². The lowest BCUT2D eigenvalue weighted by Gasteiger charge is -2.09. The third-order valence-corrected chi connectivity index (χ3v) is 6.85. The lowest BCUT2D eigenvalue weighted by molar-refractivity contribution is -0.117. The van der Waals surface area contributed by atoms with Gasteiger partial charge in [0, 0.05) is 44.2 Å². The maximum absolute atomic E-state index is 12.7. The van der Waals surface area contributed by atoms with Crippen LogP contribution in [0.2, 0.25) is 20.1 Å². The molecule has 1 amide bonds. The Morgan fingerprint density at radius 1 is 0.963 bits per heavy atom. The highest BCUT2D eigenvalue weighted by molar-refractivity contribution is 14.1. The minimum Gasteiger partial charge on any atom is -0.326 e. The summed E-state index contributed by atoms with van der Waals surface area (Å²) in [6.07, 6.45) is 0. The van der Waals surface area contributed by atoms with Gasteiger partial charge in [0.05, 0.1) is 21.5 Å². The van der Waals surface area contributed by atoms with E-state index >= 15 is 0 Å². The molecule has 1 N–H and O–H groups in total. The molecule has 1 fully saturated rings. The van der Waals surface area contributed by atoms with Gasteiger partial charge >= 0.3 is 0 Å². The molecule has 1 saturated carbocycles. The SMILES string of the molecule is O=C(I)c1cc(NC(=O)C2C(c3cc(Cl)cc(Cl)c3)C2(Cl)Cl)cc(Cl)c1Cl. The van der Waals surface area contributed by atoms with Gasteiger partial charge in [-0.25, -0.2) is 0 Å². The third kappa shape index (κ3) is 4.47. The number of anilines is 1. The molecule has 0 bridgehead atoms. The Morgan fingerprint density at radius 3 is 2.11 bits per heavy atom. The summed E-state index contributed by atoms with van der Waals surface area (Å²) in [5.41, 5.74) is 1.17. The average molecular weight is 598 g/mol. The number of halogens is 7. The van der Waals surface area contributed by atoms with E-state index in [9.17, 15) is 9.59 Å². The second kappa shape index (κ2) is 8.05. The average Bonchev–Trinajstić information content (AvgIpc) is 3.12. The highest BCUT2D eigenvalue weighted by Gasteiger charge is 2.67. The normalized spacial score (nSPS) is 20.3. The van der Waals surface area contributed by atoms with Gasteiger partial charge in [-0.2, -0.15) is 0 Å². The van der Waals surface area contributed by atoms with Crippen LogP contribution in [-0.2, 0) is 4.79 Å². The van der Waals surface area contributed by atoms with Crippen molar-refractivity contribution >= 4 is 108 Å². The molecule has 0 radical (unpaired) electrons. The van der Waals surface area contributed by atoms with E-state index in [-0.39, 0.29) is 19.4 Å². The summed E-state index contributed by atoms with van der Waals surface area (Å²) < 4.78 is -1.62. The lowest BCUT2D eigenvalue weighted by Crippen LogP contribution is -2.17. The molecule has 1 aliphatic rings. The Bertz CT molecular complexity index is 944. The van der Waals surface area contributed by atoms with Crippen molar-refractivity contribution in [3.63, 3.8) is 0 Å². The van der Waals surface area contributed by atoms with Crippen LogP contribution in [0.1, 0.15) is 21.8 Å². The number of carbonyl (C=O) groups excluding carboxylic acids is 2. The first kappa shape index (κ1) is 21.8. The molecule has 0 aromatic heterocycles. The first-order chi connectivity index (χ1) is 12.5. The molecule has 0 saturated heterocycles. The molecule has 10 heteroatoms. The van der Waals surface area contributed by atoms with E-state index in [4.69, 9.17) is 69.6 Å². The monoisotopic (exact) mass is 595 g/mol. The maximum Gasteiger partial charge on any atom is 0.231 e. The Labute approximate surface area is 198 Å². The quantitative estimate of drug-likeness (QED) is 0.227. The topological polar surface area (TPSA) is 46.2 Å². The largest absolute Gasteiger partial charge is 0.326 e. The fourth-order valence-corrected chi connectivity index (χ4v) is 5.22. The van der Waals surface area contributed by atoms with Crippen LogP contribution in [0.4, 0.5) is 5.69 Å². The lowest BCUT2D eigenvalue weighted by atomic mass is 10.1. The molecule has 2 aromatic rings. The summed E-state index contributed by atoms with van der Waals surface area (Å²) in [6, 6.07) is 7.79. The number of carbonyl (C=O) groups is 2. The third-order valence-electron chi connectivity index (χ3n) is 4.09. The first-order valence-electron chi connectivity index (χ1n) is 7.36. The predicted molar refractivity (Wildman–Crippen MR) is 121 cm³/mol. The molecule has 0 heterocycles. The van der Waals surface area contributed by atoms with Crippen LogP contribution in [0.3, 0.4) is 0 Å². The fourth-order valence-electron chi connectivity index (χ4n) is 2.85. The van der Waals surface area contributed by atoms with E-state index in [0.29, 0.717) is 21.3 Å². The Hall–Kier alpha value is 0.0500. The molecule has 0 aliphatic heterocycles. The maximum atomic E-state index is 12.7. The highest BCUT2D eigenvalue weighted by atomic mass is 127. The van der Waals surface area contributed by atoms with Gasteiger partial charge in [0.15, 0.2) is 0 Å². The van der Waals surface area contributed by atoms with Gasteiger partial charge in [0.2, 0.25) is 9.70 Å². The predicted octanol–water partition coefficient (Wildman–Crippen LogP) is 7.40. The van der Waals surface area contributed by atoms with E-state index in [2.05, 4.69) is 5.32 Å². The van der Waals surface area contributed by atoms with Gasteiger partial charge in [-0.3, -0.25) is 9.59 Å². The van der Waals surface area contributed by atoms with Gasteiger partial charge in [-0.05, 0) is 35.9 Å². The summed E-state index contributed by atoms with van der Waals surface area (Å²) in [5, 5.41) is 3.78. The van der Waals surface area contributed by atoms with Crippen LogP contribution in [0.5, 0.6) is 0 Å². The standard InChI is InChI=1S/C17H8Cl6INO2/c18-7-1-6(2-8(19)3-7)12-13(17(12,22)23)16(27)25-9-4-10(15(24)26)14(21)11(20)5-9/h1-5,12-13H,(H,25,27). The fraction of sp³-hybridized carbons (Fsp3) is 0.176. The van der Waals surface area contributed by atoms with Crippen LogP contribution in [0.15, 0.2) is 30.3 Å². The molecule has 3 rings (SSSR count). The van der Waals surface area contributed by atoms with Gasteiger partial charge < -0.3 is 5.32 Å². The van der Waals surface area contributed by atoms with Crippen molar-refractivity contribution in [1.82, 2.24) is 0 Å². The summed E-state index contributed by atoms with van der Waals surface area (Å²) in [6.45, 7) is 0. The van der Waals surface area contributed by atoms with Crippen LogP contribution >= 0.6 is 92.2 Å². The number of nitrogens with one attached hydrogen (secondary N) is 1. The van der Waals surface area contributed by atoms with E-state index in [0.717, 1.165) is 0 Å². The zero-order valence-electron chi connectivity index (χ0n) is 13.0. The van der Waals surface area contributed by atoms with Gasteiger partial charge in [0.25, 0.3) is 0 Å². The molecule has 2 aromatic carbocycles. The van der Waals surface area contributed by atoms with Crippen molar-refractivity contribution in [2.75, 3.05) is 5.32 Å². The van der Waals surface area contributed by atoms with Gasteiger partial charge in [0.1, 0.15) is 4.33 Å². The minimum absolute atomic E-state index is 0.121. The van der Waals surface area contributed by atoms with Crippen molar-refractivity contribution in [1.29, 1.82) is 0 Å². The number of alkyl halides is 2. The van der Waals surface area contributed by atoms with Crippen molar-refractivity contribution in [3.05, 3.63) is 61.5 Å². The smallest absolute Gasteiger partial charge is 0.231 e.